The first-order valence-corrected chi connectivity index (χ1v) is 5.31. The Labute approximate surface area is 85.3 Å². The van der Waals surface area contributed by atoms with Crippen LogP contribution in [0.1, 0.15) is 34.7 Å². The van der Waals surface area contributed by atoms with E-state index in [-0.39, 0.29) is 6.04 Å². The summed E-state index contributed by atoms with van der Waals surface area (Å²) in [5.74, 6) is 0. The van der Waals surface area contributed by atoms with E-state index >= 15 is 0 Å². The summed E-state index contributed by atoms with van der Waals surface area (Å²) in [5.41, 5.74) is 17.2. The van der Waals surface area contributed by atoms with Gasteiger partial charge in [-0.1, -0.05) is 12.1 Å². The average molecular weight is 190 g/mol. The quantitative estimate of drug-likeness (QED) is 0.741. The third-order valence-electron chi connectivity index (χ3n) is 3.26. The highest BCUT2D eigenvalue weighted by Crippen LogP contribution is 2.29. The summed E-state index contributed by atoms with van der Waals surface area (Å²) in [6.07, 6.45) is 3.73. The first kappa shape index (κ1) is 9.69. The van der Waals surface area contributed by atoms with E-state index in [9.17, 15) is 0 Å². The van der Waals surface area contributed by atoms with E-state index in [1.54, 1.807) is 0 Å². The molecule has 0 unspecified atom stereocenters. The van der Waals surface area contributed by atoms with Crippen LogP contribution in [0, 0.1) is 6.92 Å². The number of hydrogen-bond acceptors (Lipinski definition) is 2. The maximum Gasteiger partial charge on any atom is 0.0422 e. The Morgan fingerprint density at radius 3 is 2.86 bits per heavy atom. The van der Waals surface area contributed by atoms with Gasteiger partial charge in [0.15, 0.2) is 0 Å². The second kappa shape index (κ2) is 3.71. The molecule has 4 N–H and O–H groups in total. The summed E-state index contributed by atoms with van der Waals surface area (Å²) in [7, 11) is 0. The Hall–Kier alpha value is -0.860. The molecule has 1 atom stereocenters. The van der Waals surface area contributed by atoms with Crippen LogP contribution in [0.25, 0.3) is 0 Å². The van der Waals surface area contributed by atoms with E-state index in [1.165, 1.54) is 41.5 Å². The molecule has 1 aliphatic carbocycles. The minimum absolute atomic E-state index is 0.000833. The van der Waals surface area contributed by atoms with E-state index in [4.69, 9.17) is 11.5 Å². The van der Waals surface area contributed by atoms with Crippen molar-refractivity contribution in [3.8, 4) is 0 Å². The van der Waals surface area contributed by atoms with Crippen LogP contribution in [0.3, 0.4) is 0 Å². The van der Waals surface area contributed by atoms with Gasteiger partial charge in [-0.2, -0.15) is 0 Å². The van der Waals surface area contributed by atoms with Gasteiger partial charge >= 0.3 is 0 Å². The zero-order valence-corrected chi connectivity index (χ0v) is 8.72. The van der Waals surface area contributed by atoms with E-state index in [0.717, 1.165) is 0 Å². The normalized spacial score (nSPS) is 16.8. The first-order valence-electron chi connectivity index (χ1n) is 5.31. The van der Waals surface area contributed by atoms with Crippen LogP contribution in [0.5, 0.6) is 0 Å². The van der Waals surface area contributed by atoms with Crippen molar-refractivity contribution in [1.29, 1.82) is 0 Å². The van der Waals surface area contributed by atoms with Crippen LogP contribution in [-0.4, -0.2) is 6.54 Å². The molecule has 14 heavy (non-hydrogen) atoms. The largest absolute Gasteiger partial charge is 0.329 e. The van der Waals surface area contributed by atoms with Gasteiger partial charge < -0.3 is 11.5 Å². The van der Waals surface area contributed by atoms with Crippen molar-refractivity contribution in [3.63, 3.8) is 0 Å². The maximum absolute atomic E-state index is 5.96. The number of hydrogen-bond donors (Lipinski definition) is 2. The van der Waals surface area contributed by atoms with Crippen LogP contribution < -0.4 is 11.5 Å². The molecule has 1 aromatic rings. The average Bonchev–Trinajstić information content (AvgIpc) is 2.66. The molecule has 0 radical (unpaired) electrons. The molecule has 2 rings (SSSR count). The molecule has 0 saturated carbocycles. The molecule has 1 aromatic carbocycles. The summed E-state index contributed by atoms with van der Waals surface area (Å²) < 4.78 is 0. The van der Waals surface area contributed by atoms with E-state index < -0.39 is 0 Å². The lowest BCUT2D eigenvalue weighted by Crippen LogP contribution is -2.22. The van der Waals surface area contributed by atoms with Crippen LogP contribution in [0.2, 0.25) is 0 Å². The molecule has 0 heterocycles. The molecule has 76 valence electrons. The fourth-order valence-corrected chi connectivity index (χ4v) is 2.40. The van der Waals surface area contributed by atoms with Gasteiger partial charge in [-0.05, 0) is 48.4 Å². The number of benzene rings is 1. The Morgan fingerprint density at radius 2 is 2.14 bits per heavy atom. The van der Waals surface area contributed by atoms with Crippen molar-refractivity contribution in [2.24, 2.45) is 11.5 Å². The monoisotopic (exact) mass is 190 g/mol. The van der Waals surface area contributed by atoms with Crippen molar-refractivity contribution in [2.45, 2.75) is 32.2 Å². The van der Waals surface area contributed by atoms with Gasteiger partial charge in [-0.25, -0.2) is 0 Å². The topological polar surface area (TPSA) is 52.0 Å². The molecule has 0 aromatic heterocycles. The number of fused-ring (bicyclic) bond motifs is 1. The predicted octanol–water partition coefficient (Wildman–Crippen LogP) is 1.44. The summed E-state index contributed by atoms with van der Waals surface area (Å²) >= 11 is 0. The molecular weight excluding hydrogens is 172 g/mol. The van der Waals surface area contributed by atoms with Crippen LogP contribution in [0.4, 0.5) is 0 Å². The third kappa shape index (κ3) is 1.45. The zero-order valence-electron chi connectivity index (χ0n) is 8.72. The second-order valence-electron chi connectivity index (χ2n) is 4.11. The van der Waals surface area contributed by atoms with Crippen LogP contribution in [0.15, 0.2) is 12.1 Å². The number of nitrogens with two attached hydrogens (primary N) is 2. The zero-order chi connectivity index (χ0) is 10.1. The summed E-state index contributed by atoms with van der Waals surface area (Å²) in [5, 5.41) is 0. The third-order valence-corrected chi connectivity index (χ3v) is 3.26. The lowest BCUT2D eigenvalue weighted by atomic mass is 9.95. The minimum Gasteiger partial charge on any atom is -0.329 e. The van der Waals surface area contributed by atoms with E-state index in [2.05, 4.69) is 19.1 Å². The summed E-state index contributed by atoms with van der Waals surface area (Å²) in [4.78, 5) is 0. The number of aryl methyl sites for hydroxylation is 1. The van der Waals surface area contributed by atoms with Crippen molar-refractivity contribution in [3.05, 3.63) is 34.4 Å². The van der Waals surface area contributed by atoms with Crippen LogP contribution >= 0.6 is 0 Å². The number of rotatable bonds is 2. The highest BCUT2D eigenvalue weighted by atomic mass is 14.7. The van der Waals surface area contributed by atoms with Gasteiger partial charge in [0, 0.05) is 12.6 Å². The lowest BCUT2D eigenvalue weighted by molar-refractivity contribution is 0.729. The first-order chi connectivity index (χ1) is 6.74. The lowest BCUT2D eigenvalue weighted by Gasteiger charge is -2.15. The van der Waals surface area contributed by atoms with E-state index in [0.29, 0.717) is 6.54 Å². The Kier molecular flexibility index (Phi) is 2.57. The van der Waals surface area contributed by atoms with Gasteiger partial charge in [0.05, 0.1) is 0 Å². The molecule has 0 fully saturated rings. The molecule has 0 saturated heterocycles. The van der Waals surface area contributed by atoms with Gasteiger partial charge in [0.1, 0.15) is 0 Å². The highest BCUT2D eigenvalue weighted by Gasteiger charge is 2.17. The second-order valence-corrected chi connectivity index (χ2v) is 4.11. The van der Waals surface area contributed by atoms with E-state index in [1.807, 2.05) is 0 Å². The summed E-state index contributed by atoms with van der Waals surface area (Å²) in [6, 6.07) is 4.37. The fourth-order valence-electron chi connectivity index (χ4n) is 2.40. The molecule has 1 aliphatic rings. The molecular formula is C12H18N2. The SMILES string of the molecule is Cc1c([C@H](N)CN)ccc2c1CCC2. The molecule has 0 amide bonds. The van der Waals surface area contributed by atoms with Crippen molar-refractivity contribution < 1.29 is 0 Å². The molecule has 2 heteroatoms. The standard InChI is InChI=1S/C12H18N2/c1-8-10-4-2-3-9(10)5-6-11(8)12(14)7-13/h5-6,12H,2-4,7,13-14H2,1H3/t12-/m1/s1. The van der Waals surface area contributed by atoms with Gasteiger partial charge in [0.25, 0.3) is 0 Å². The van der Waals surface area contributed by atoms with Gasteiger partial charge in [0.2, 0.25) is 0 Å². The van der Waals surface area contributed by atoms with Crippen molar-refractivity contribution in [2.75, 3.05) is 6.54 Å². The Balaban J connectivity index is 2.44. The smallest absolute Gasteiger partial charge is 0.0422 e. The van der Waals surface area contributed by atoms with Crippen molar-refractivity contribution >= 4 is 0 Å². The maximum atomic E-state index is 5.96. The van der Waals surface area contributed by atoms with Crippen molar-refractivity contribution in [1.82, 2.24) is 0 Å². The van der Waals surface area contributed by atoms with Gasteiger partial charge in [-0.3, -0.25) is 0 Å². The predicted molar refractivity (Wildman–Crippen MR) is 59.2 cm³/mol. The Morgan fingerprint density at radius 1 is 1.36 bits per heavy atom. The Bertz CT molecular complexity index is 344. The van der Waals surface area contributed by atoms with Gasteiger partial charge in [-0.15, -0.1) is 0 Å². The fraction of sp³-hybridized carbons (Fsp3) is 0.500. The summed E-state index contributed by atoms with van der Waals surface area (Å²) in [6.45, 7) is 2.70. The molecule has 2 nitrogen and oxygen atoms in total. The van der Waals surface area contributed by atoms with Crippen LogP contribution in [-0.2, 0) is 12.8 Å². The minimum atomic E-state index is 0.000833. The molecule has 0 spiro atoms. The molecule has 0 aliphatic heterocycles. The highest BCUT2D eigenvalue weighted by molar-refractivity contribution is 5.44. The molecule has 0 bridgehead atoms.